The van der Waals surface area contributed by atoms with Crippen molar-refractivity contribution < 1.29 is 27.1 Å². The molecule has 8 heteroatoms. The van der Waals surface area contributed by atoms with E-state index in [1.54, 1.807) is 11.8 Å². The van der Waals surface area contributed by atoms with E-state index in [1.807, 2.05) is 0 Å². The number of piperidine rings is 1. The van der Waals surface area contributed by atoms with Crippen molar-refractivity contribution in [1.82, 2.24) is 4.90 Å². The molecule has 27 heavy (non-hydrogen) atoms. The van der Waals surface area contributed by atoms with E-state index in [2.05, 4.69) is 6.92 Å². The Hall–Kier alpha value is -2.51. The molecule has 1 atom stereocenters. The van der Waals surface area contributed by atoms with Crippen molar-refractivity contribution in [2.24, 2.45) is 5.92 Å². The summed E-state index contributed by atoms with van der Waals surface area (Å²) in [7, 11) is 0. The normalized spacial score (nSPS) is 17.1. The fraction of sp³-hybridized carbons (Fsp3) is 0.474. The van der Waals surface area contributed by atoms with Crippen LogP contribution in [0.4, 0.5) is 13.2 Å². The van der Waals surface area contributed by atoms with Crippen LogP contribution in [-0.4, -0.2) is 30.0 Å². The largest absolute Gasteiger partial charge is 0.481 e. The number of carbonyl (C=O) groups is 1. The van der Waals surface area contributed by atoms with Gasteiger partial charge >= 0.3 is 11.8 Å². The van der Waals surface area contributed by atoms with Gasteiger partial charge in [0.15, 0.2) is 6.10 Å². The van der Waals surface area contributed by atoms with E-state index in [-0.39, 0.29) is 22.6 Å². The predicted molar refractivity (Wildman–Crippen MR) is 92.6 cm³/mol. The molecule has 1 amide bonds. The first-order chi connectivity index (χ1) is 12.6. The highest BCUT2D eigenvalue weighted by molar-refractivity contribution is 5.83. The Morgan fingerprint density at radius 1 is 1.26 bits per heavy atom. The van der Waals surface area contributed by atoms with Crippen LogP contribution in [0.15, 0.2) is 33.5 Å². The molecule has 0 aliphatic carbocycles. The van der Waals surface area contributed by atoms with Crippen molar-refractivity contribution >= 4 is 16.9 Å². The molecule has 5 nitrogen and oxygen atoms in total. The average molecular weight is 383 g/mol. The summed E-state index contributed by atoms with van der Waals surface area (Å²) in [6, 6.07) is 4.14. The maximum Gasteiger partial charge on any atom is 0.417 e. The van der Waals surface area contributed by atoms with Gasteiger partial charge in [-0.2, -0.15) is 13.2 Å². The smallest absolute Gasteiger partial charge is 0.417 e. The first kappa shape index (κ1) is 19.3. The molecule has 1 saturated heterocycles. The van der Waals surface area contributed by atoms with Crippen LogP contribution in [-0.2, 0) is 11.0 Å². The van der Waals surface area contributed by atoms with E-state index < -0.39 is 23.5 Å². The minimum atomic E-state index is -4.68. The molecule has 0 bridgehead atoms. The van der Waals surface area contributed by atoms with Gasteiger partial charge in [0.05, 0.1) is 5.56 Å². The van der Waals surface area contributed by atoms with Crippen LogP contribution in [0.5, 0.6) is 5.75 Å². The molecule has 0 saturated carbocycles. The summed E-state index contributed by atoms with van der Waals surface area (Å²) in [5.74, 6) is 0.570. The molecule has 1 aliphatic rings. The second kappa shape index (κ2) is 7.25. The molecule has 0 radical (unpaired) electrons. The van der Waals surface area contributed by atoms with Crippen LogP contribution in [0.25, 0.3) is 11.0 Å². The van der Waals surface area contributed by atoms with Crippen molar-refractivity contribution in [1.29, 1.82) is 0 Å². The van der Waals surface area contributed by atoms with E-state index in [0.717, 1.165) is 12.8 Å². The monoisotopic (exact) mass is 383 g/mol. The predicted octanol–water partition coefficient (Wildman–Crippen LogP) is 3.84. The lowest BCUT2D eigenvalue weighted by Gasteiger charge is -2.32. The Kier molecular flexibility index (Phi) is 5.17. The van der Waals surface area contributed by atoms with E-state index >= 15 is 0 Å². The molecule has 2 heterocycles. The summed E-state index contributed by atoms with van der Waals surface area (Å²) >= 11 is 0. The first-order valence-electron chi connectivity index (χ1n) is 8.75. The first-order valence-corrected chi connectivity index (χ1v) is 8.75. The highest BCUT2D eigenvalue weighted by Crippen LogP contribution is 2.35. The molecule has 1 aromatic heterocycles. The number of alkyl halides is 3. The summed E-state index contributed by atoms with van der Waals surface area (Å²) in [5.41, 5.74) is -2.40. The second-order valence-corrected chi connectivity index (χ2v) is 6.90. The molecule has 2 aromatic rings. The van der Waals surface area contributed by atoms with Crippen LogP contribution in [0, 0.1) is 5.92 Å². The van der Waals surface area contributed by atoms with Crippen molar-refractivity contribution in [3.63, 3.8) is 0 Å². The number of carbonyl (C=O) groups excluding carboxylic acids is 1. The number of ether oxygens (including phenoxy) is 1. The maximum absolute atomic E-state index is 13.1. The van der Waals surface area contributed by atoms with Gasteiger partial charge in [0.25, 0.3) is 5.91 Å². The third kappa shape index (κ3) is 4.26. The lowest BCUT2D eigenvalue weighted by molar-refractivity contribution is -0.139. The van der Waals surface area contributed by atoms with Crippen LogP contribution in [0.1, 0.15) is 32.3 Å². The van der Waals surface area contributed by atoms with Crippen LogP contribution in [0.3, 0.4) is 0 Å². The summed E-state index contributed by atoms with van der Waals surface area (Å²) in [6.07, 6.45) is -3.61. The van der Waals surface area contributed by atoms with E-state index in [0.29, 0.717) is 25.1 Å². The van der Waals surface area contributed by atoms with Gasteiger partial charge in [-0.25, -0.2) is 4.79 Å². The number of halogens is 3. The minimum absolute atomic E-state index is 0.163. The molecule has 1 fully saturated rings. The number of amides is 1. The third-order valence-corrected chi connectivity index (χ3v) is 4.78. The molecule has 1 aliphatic heterocycles. The van der Waals surface area contributed by atoms with E-state index in [9.17, 15) is 22.8 Å². The SMILES string of the molecule is CC1CCN(C(=O)C(C)Oc2ccc3c(C(F)(F)F)cc(=O)oc3c2)CC1. The third-order valence-electron chi connectivity index (χ3n) is 4.78. The maximum atomic E-state index is 13.1. The number of likely N-dealkylation sites (tertiary alicyclic amines) is 1. The van der Waals surface area contributed by atoms with Gasteiger partial charge in [0, 0.05) is 30.6 Å². The fourth-order valence-electron chi connectivity index (χ4n) is 3.19. The summed E-state index contributed by atoms with van der Waals surface area (Å²) in [6.45, 7) is 5.05. The summed E-state index contributed by atoms with van der Waals surface area (Å²) in [4.78, 5) is 25.7. The highest BCUT2D eigenvalue weighted by Gasteiger charge is 2.34. The Morgan fingerprint density at radius 3 is 2.56 bits per heavy atom. The molecule has 3 rings (SSSR count). The zero-order chi connectivity index (χ0) is 19.8. The Bertz CT molecular complexity index is 898. The number of fused-ring (bicyclic) bond motifs is 1. The molecular weight excluding hydrogens is 363 g/mol. The van der Waals surface area contributed by atoms with Gasteiger partial charge in [-0.3, -0.25) is 4.79 Å². The zero-order valence-electron chi connectivity index (χ0n) is 15.0. The standard InChI is InChI=1S/C19H20F3NO4/c1-11-5-7-23(8-6-11)18(25)12(2)26-13-3-4-14-15(19(20,21)22)10-17(24)27-16(14)9-13/h3-4,9-12H,5-8H2,1-2H3. The number of benzene rings is 1. The molecule has 146 valence electrons. The number of hydrogen-bond acceptors (Lipinski definition) is 4. The average Bonchev–Trinajstić information content (AvgIpc) is 2.60. The summed E-state index contributed by atoms with van der Waals surface area (Å²) in [5, 5.41) is -0.238. The highest BCUT2D eigenvalue weighted by atomic mass is 19.4. The topological polar surface area (TPSA) is 59.8 Å². The van der Waals surface area contributed by atoms with Crippen molar-refractivity contribution in [2.45, 2.75) is 39.0 Å². The zero-order valence-corrected chi connectivity index (χ0v) is 15.0. The van der Waals surface area contributed by atoms with Gasteiger partial charge in [0.2, 0.25) is 0 Å². The van der Waals surface area contributed by atoms with E-state index in [4.69, 9.17) is 9.15 Å². The van der Waals surface area contributed by atoms with Gasteiger partial charge in [-0.05, 0) is 37.8 Å². The molecule has 1 unspecified atom stereocenters. The van der Waals surface area contributed by atoms with Crippen LogP contribution < -0.4 is 10.4 Å². The van der Waals surface area contributed by atoms with Gasteiger partial charge in [-0.15, -0.1) is 0 Å². The van der Waals surface area contributed by atoms with Gasteiger partial charge in [0.1, 0.15) is 11.3 Å². The van der Waals surface area contributed by atoms with E-state index in [1.165, 1.54) is 18.2 Å². The lowest BCUT2D eigenvalue weighted by atomic mass is 9.99. The Balaban J connectivity index is 1.81. The summed E-state index contributed by atoms with van der Waals surface area (Å²) < 4.78 is 49.7. The Morgan fingerprint density at radius 2 is 1.93 bits per heavy atom. The van der Waals surface area contributed by atoms with Crippen LogP contribution in [0.2, 0.25) is 0 Å². The number of hydrogen-bond donors (Lipinski definition) is 0. The molecule has 1 aromatic carbocycles. The molecule has 0 spiro atoms. The van der Waals surface area contributed by atoms with Gasteiger partial charge < -0.3 is 14.1 Å². The van der Waals surface area contributed by atoms with Crippen molar-refractivity contribution in [2.75, 3.05) is 13.1 Å². The van der Waals surface area contributed by atoms with Crippen molar-refractivity contribution in [3.8, 4) is 5.75 Å². The molecular formula is C19H20F3NO4. The lowest BCUT2D eigenvalue weighted by Crippen LogP contribution is -2.44. The fourth-order valence-corrected chi connectivity index (χ4v) is 3.19. The van der Waals surface area contributed by atoms with Gasteiger partial charge in [-0.1, -0.05) is 6.92 Å². The second-order valence-electron chi connectivity index (χ2n) is 6.90. The number of nitrogens with zero attached hydrogens (tertiary/aromatic N) is 1. The number of rotatable bonds is 3. The Labute approximate surface area is 153 Å². The van der Waals surface area contributed by atoms with Crippen molar-refractivity contribution in [3.05, 3.63) is 40.2 Å². The minimum Gasteiger partial charge on any atom is -0.481 e. The quantitative estimate of drug-likeness (QED) is 0.756. The van der Waals surface area contributed by atoms with Crippen LogP contribution >= 0.6 is 0 Å². The molecule has 0 N–H and O–H groups in total.